The van der Waals surface area contributed by atoms with Gasteiger partial charge in [0.05, 0.1) is 11.2 Å². The van der Waals surface area contributed by atoms with E-state index in [0.29, 0.717) is 0 Å². The molecule has 0 atom stereocenters. The van der Waals surface area contributed by atoms with Gasteiger partial charge >= 0.3 is 0 Å². The lowest BCUT2D eigenvalue weighted by Crippen LogP contribution is -2.19. The molecule has 1 aromatic heterocycles. The predicted molar refractivity (Wildman–Crippen MR) is 102 cm³/mol. The first kappa shape index (κ1) is 14.7. The fraction of sp³-hybridized carbons (Fsp3) is 0. The van der Waals surface area contributed by atoms with Crippen molar-refractivity contribution in [2.45, 2.75) is 0 Å². The lowest BCUT2D eigenvalue weighted by atomic mass is 10.1. The molecule has 4 rings (SSSR count). The molecule has 0 spiro atoms. The van der Waals surface area contributed by atoms with Gasteiger partial charge in [0.2, 0.25) is 0 Å². The lowest BCUT2D eigenvalue weighted by Gasteiger charge is -2.14. The monoisotopic (exact) mass is 427 g/mol. The van der Waals surface area contributed by atoms with Crippen molar-refractivity contribution in [2.75, 3.05) is 0 Å². The van der Waals surface area contributed by atoms with Gasteiger partial charge in [-0.25, -0.2) is 0 Å². The summed E-state index contributed by atoms with van der Waals surface area (Å²) in [4.78, 5) is 13.1. The van der Waals surface area contributed by atoms with E-state index in [-0.39, 0.29) is 5.56 Å². The van der Waals surface area contributed by atoms with Gasteiger partial charge in [-0.05, 0) is 41.8 Å². The van der Waals surface area contributed by atoms with Gasteiger partial charge in [-0.1, -0.05) is 62.2 Å². The van der Waals surface area contributed by atoms with Crippen molar-refractivity contribution in [2.24, 2.45) is 0 Å². The van der Waals surface area contributed by atoms with E-state index in [9.17, 15) is 4.79 Å². The van der Waals surface area contributed by atoms with Crippen LogP contribution in [0.5, 0.6) is 0 Å². The maximum Gasteiger partial charge on any atom is 0.263 e. The second-order valence-corrected chi connectivity index (χ2v) is 7.16. The first-order chi connectivity index (χ1) is 11.1. The SMILES string of the molecule is O=c1c2ccccc2c2ccc(Br)cc2n1-c1cccc(Br)c1. The first-order valence-electron chi connectivity index (χ1n) is 7.14. The Morgan fingerprint density at radius 3 is 2.22 bits per heavy atom. The number of hydrogen-bond donors (Lipinski definition) is 0. The van der Waals surface area contributed by atoms with Gasteiger partial charge in [0.25, 0.3) is 5.56 Å². The topological polar surface area (TPSA) is 22.0 Å². The Balaban J connectivity index is 2.27. The minimum atomic E-state index is -0.00991. The lowest BCUT2D eigenvalue weighted by molar-refractivity contribution is 1.06. The number of pyridine rings is 1. The van der Waals surface area contributed by atoms with Crippen LogP contribution in [0.15, 0.2) is 80.5 Å². The minimum Gasteiger partial charge on any atom is -0.276 e. The first-order valence-corrected chi connectivity index (χ1v) is 8.73. The van der Waals surface area contributed by atoms with Crippen molar-refractivity contribution in [1.29, 1.82) is 0 Å². The van der Waals surface area contributed by atoms with Crippen LogP contribution in [0.3, 0.4) is 0 Å². The van der Waals surface area contributed by atoms with Crippen LogP contribution in [-0.4, -0.2) is 4.57 Å². The molecule has 0 aliphatic carbocycles. The molecule has 4 aromatic rings. The molecule has 0 saturated carbocycles. The average molecular weight is 429 g/mol. The number of hydrogen-bond acceptors (Lipinski definition) is 1. The molecule has 0 aliphatic heterocycles. The third-order valence-electron chi connectivity index (χ3n) is 3.92. The third-order valence-corrected chi connectivity index (χ3v) is 4.90. The minimum absolute atomic E-state index is 0.00991. The molecule has 1 heterocycles. The normalized spacial score (nSPS) is 11.2. The molecule has 0 aliphatic rings. The molecule has 0 fully saturated rings. The standard InChI is InChI=1S/C19H11Br2NO/c20-12-4-3-5-14(10-12)22-18-11-13(21)8-9-16(18)15-6-1-2-7-17(15)19(22)23/h1-11H. The van der Waals surface area contributed by atoms with Crippen LogP contribution in [0.4, 0.5) is 0 Å². The number of rotatable bonds is 1. The molecule has 0 amide bonds. The molecular formula is C19H11Br2NO. The second kappa shape index (κ2) is 5.62. The summed E-state index contributed by atoms with van der Waals surface area (Å²) in [6.45, 7) is 0. The Morgan fingerprint density at radius 2 is 1.43 bits per heavy atom. The van der Waals surface area contributed by atoms with E-state index in [1.54, 1.807) is 4.57 Å². The second-order valence-electron chi connectivity index (χ2n) is 5.33. The molecule has 0 saturated heterocycles. The zero-order chi connectivity index (χ0) is 16.0. The van der Waals surface area contributed by atoms with Crippen molar-refractivity contribution < 1.29 is 0 Å². The van der Waals surface area contributed by atoms with Crippen molar-refractivity contribution in [1.82, 2.24) is 4.57 Å². The number of nitrogens with zero attached hydrogens (tertiary/aromatic N) is 1. The maximum atomic E-state index is 13.1. The molecular weight excluding hydrogens is 418 g/mol. The maximum absolute atomic E-state index is 13.1. The van der Waals surface area contributed by atoms with Gasteiger partial charge in [0.1, 0.15) is 0 Å². The van der Waals surface area contributed by atoms with Crippen molar-refractivity contribution >= 4 is 53.5 Å². The number of benzene rings is 3. The number of fused-ring (bicyclic) bond motifs is 3. The van der Waals surface area contributed by atoms with Crippen LogP contribution in [0, 0.1) is 0 Å². The Kier molecular flexibility index (Phi) is 3.58. The van der Waals surface area contributed by atoms with E-state index < -0.39 is 0 Å². The highest BCUT2D eigenvalue weighted by Gasteiger charge is 2.12. The molecule has 23 heavy (non-hydrogen) atoms. The molecule has 0 N–H and O–H groups in total. The highest BCUT2D eigenvalue weighted by Crippen LogP contribution is 2.28. The predicted octanol–water partition coefficient (Wildman–Crippen LogP) is 5.67. The molecule has 0 radical (unpaired) electrons. The number of halogens is 2. The zero-order valence-corrected chi connectivity index (χ0v) is 15.1. The van der Waals surface area contributed by atoms with Gasteiger partial charge in [0.15, 0.2) is 0 Å². The highest BCUT2D eigenvalue weighted by atomic mass is 79.9. The van der Waals surface area contributed by atoms with E-state index in [1.807, 2.05) is 60.7 Å². The van der Waals surface area contributed by atoms with Crippen molar-refractivity contribution in [3.63, 3.8) is 0 Å². The van der Waals surface area contributed by atoms with Crippen LogP contribution in [0.1, 0.15) is 0 Å². The Labute approximate surface area is 149 Å². The molecule has 3 aromatic carbocycles. The fourth-order valence-electron chi connectivity index (χ4n) is 2.92. The van der Waals surface area contributed by atoms with E-state index in [4.69, 9.17) is 0 Å². The van der Waals surface area contributed by atoms with Gasteiger partial charge < -0.3 is 0 Å². The van der Waals surface area contributed by atoms with E-state index >= 15 is 0 Å². The fourth-order valence-corrected chi connectivity index (χ4v) is 3.66. The van der Waals surface area contributed by atoms with Crippen LogP contribution >= 0.6 is 31.9 Å². The average Bonchev–Trinajstić information content (AvgIpc) is 2.55. The van der Waals surface area contributed by atoms with Crippen molar-refractivity contribution in [3.8, 4) is 5.69 Å². The van der Waals surface area contributed by atoms with Gasteiger partial charge in [0, 0.05) is 19.7 Å². The molecule has 0 bridgehead atoms. The summed E-state index contributed by atoms with van der Waals surface area (Å²) in [5, 5.41) is 2.76. The molecule has 0 unspecified atom stereocenters. The van der Waals surface area contributed by atoms with E-state index in [1.165, 1.54) is 0 Å². The largest absolute Gasteiger partial charge is 0.276 e. The smallest absolute Gasteiger partial charge is 0.263 e. The third kappa shape index (κ3) is 2.42. The van der Waals surface area contributed by atoms with Crippen LogP contribution < -0.4 is 5.56 Å². The van der Waals surface area contributed by atoms with Crippen LogP contribution in [-0.2, 0) is 0 Å². The zero-order valence-electron chi connectivity index (χ0n) is 12.0. The highest BCUT2D eigenvalue weighted by molar-refractivity contribution is 9.10. The molecule has 112 valence electrons. The summed E-state index contributed by atoms with van der Waals surface area (Å²) in [5.41, 5.74) is 1.73. The Hall–Kier alpha value is -1.91. The van der Waals surface area contributed by atoms with Gasteiger partial charge in [-0.15, -0.1) is 0 Å². The van der Waals surface area contributed by atoms with Gasteiger partial charge in [-0.3, -0.25) is 9.36 Å². The summed E-state index contributed by atoms with van der Waals surface area (Å²) >= 11 is 7.01. The summed E-state index contributed by atoms with van der Waals surface area (Å²) in [6.07, 6.45) is 0. The Morgan fingerprint density at radius 1 is 0.696 bits per heavy atom. The summed E-state index contributed by atoms with van der Waals surface area (Å²) < 4.78 is 3.66. The Bertz CT molecular complexity index is 1120. The van der Waals surface area contributed by atoms with E-state index in [0.717, 1.165) is 36.3 Å². The summed E-state index contributed by atoms with van der Waals surface area (Å²) in [6, 6.07) is 21.6. The summed E-state index contributed by atoms with van der Waals surface area (Å²) in [5.74, 6) is 0. The van der Waals surface area contributed by atoms with Gasteiger partial charge in [-0.2, -0.15) is 0 Å². The summed E-state index contributed by atoms with van der Waals surface area (Å²) in [7, 11) is 0. The molecule has 4 heteroatoms. The van der Waals surface area contributed by atoms with Crippen molar-refractivity contribution in [3.05, 3.63) is 86.0 Å². The quantitative estimate of drug-likeness (QED) is 0.358. The molecule has 2 nitrogen and oxygen atoms in total. The number of aromatic nitrogens is 1. The van der Waals surface area contributed by atoms with E-state index in [2.05, 4.69) is 37.9 Å². The van der Waals surface area contributed by atoms with Crippen LogP contribution in [0.25, 0.3) is 27.4 Å². The van der Waals surface area contributed by atoms with Crippen LogP contribution in [0.2, 0.25) is 0 Å².